The van der Waals surface area contributed by atoms with Crippen LogP contribution in [0.1, 0.15) is 21.9 Å². The van der Waals surface area contributed by atoms with Crippen LogP contribution in [0, 0.1) is 0 Å². The molecule has 1 aliphatic rings. The lowest BCUT2D eigenvalue weighted by atomic mass is 10.1. The standard InChI is InChI=1S/C10H9BN4O2/c11-10-13-6-1-2-15(4-7(6)14-10)9(16)8-3-12-5-17-8/h3,5H,1-2,4H2,(H,13,14). The lowest BCUT2D eigenvalue weighted by Crippen LogP contribution is -2.35. The molecule has 0 saturated heterocycles. The number of carbonyl (C=O) groups is 1. The van der Waals surface area contributed by atoms with Crippen LogP contribution in [-0.4, -0.2) is 40.2 Å². The first-order chi connectivity index (χ1) is 8.24. The van der Waals surface area contributed by atoms with E-state index in [2.05, 4.69) is 15.0 Å². The molecule has 0 bridgehead atoms. The van der Waals surface area contributed by atoms with Gasteiger partial charge in [-0.3, -0.25) is 9.78 Å². The zero-order valence-electron chi connectivity index (χ0n) is 9.01. The molecule has 3 rings (SSSR count). The van der Waals surface area contributed by atoms with E-state index in [4.69, 9.17) is 12.3 Å². The van der Waals surface area contributed by atoms with E-state index in [-0.39, 0.29) is 11.7 Å². The summed E-state index contributed by atoms with van der Waals surface area (Å²) < 4.78 is 4.99. The summed E-state index contributed by atoms with van der Waals surface area (Å²) >= 11 is 0. The van der Waals surface area contributed by atoms with Crippen molar-refractivity contribution in [3.05, 3.63) is 29.7 Å². The summed E-state index contributed by atoms with van der Waals surface area (Å²) in [7, 11) is 5.58. The second-order valence-corrected chi connectivity index (χ2v) is 3.89. The van der Waals surface area contributed by atoms with E-state index < -0.39 is 0 Å². The summed E-state index contributed by atoms with van der Waals surface area (Å²) in [6.07, 6.45) is 3.36. The minimum absolute atomic E-state index is 0.165. The summed E-state index contributed by atoms with van der Waals surface area (Å²) in [4.78, 5) is 24.5. The van der Waals surface area contributed by atoms with Crippen molar-refractivity contribution in [1.82, 2.24) is 19.9 Å². The van der Waals surface area contributed by atoms with Crippen molar-refractivity contribution in [2.24, 2.45) is 0 Å². The lowest BCUT2D eigenvalue weighted by molar-refractivity contribution is 0.0699. The molecule has 0 atom stereocenters. The first kappa shape index (κ1) is 10.1. The van der Waals surface area contributed by atoms with Gasteiger partial charge >= 0.3 is 0 Å². The smallest absolute Gasteiger partial charge is 0.291 e. The monoisotopic (exact) mass is 228 g/mol. The third-order valence-corrected chi connectivity index (χ3v) is 2.78. The zero-order chi connectivity index (χ0) is 11.8. The third-order valence-electron chi connectivity index (χ3n) is 2.78. The van der Waals surface area contributed by atoms with Gasteiger partial charge in [0.15, 0.2) is 14.2 Å². The number of oxazole rings is 1. The van der Waals surface area contributed by atoms with E-state index in [1.807, 2.05) is 0 Å². The molecule has 1 aliphatic heterocycles. The Hall–Kier alpha value is -2.05. The highest BCUT2D eigenvalue weighted by molar-refractivity contribution is 6.29. The van der Waals surface area contributed by atoms with Gasteiger partial charge in [-0.25, -0.2) is 4.98 Å². The number of hydrogen-bond donors (Lipinski definition) is 1. The Labute approximate surface area is 98.5 Å². The number of nitrogens with zero attached hydrogens (tertiary/aromatic N) is 3. The molecule has 17 heavy (non-hydrogen) atoms. The van der Waals surface area contributed by atoms with E-state index in [9.17, 15) is 4.79 Å². The number of aromatic amines is 1. The van der Waals surface area contributed by atoms with Crippen molar-refractivity contribution in [2.45, 2.75) is 13.0 Å². The zero-order valence-corrected chi connectivity index (χ0v) is 9.01. The number of carbonyl (C=O) groups excluding carboxylic acids is 1. The van der Waals surface area contributed by atoms with Crippen LogP contribution >= 0.6 is 0 Å². The fourth-order valence-corrected chi connectivity index (χ4v) is 1.97. The van der Waals surface area contributed by atoms with Crippen LogP contribution in [0.4, 0.5) is 0 Å². The van der Waals surface area contributed by atoms with Crippen LogP contribution < -0.4 is 5.72 Å². The van der Waals surface area contributed by atoms with Gasteiger partial charge in [0, 0.05) is 18.7 Å². The molecular formula is C10H9BN4O2. The summed E-state index contributed by atoms with van der Waals surface area (Å²) in [6, 6.07) is 0. The summed E-state index contributed by atoms with van der Waals surface area (Å²) in [5.41, 5.74) is 2.22. The number of H-pyrrole nitrogens is 1. The Kier molecular flexibility index (Phi) is 2.24. The van der Waals surface area contributed by atoms with Crippen LogP contribution in [0.2, 0.25) is 0 Å². The number of nitrogens with one attached hydrogen (secondary N) is 1. The first-order valence-corrected chi connectivity index (χ1v) is 5.25. The van der Waals surface area contributed by atoms with Crippen molar-refractivity contribution >= 4 is 19.5 Å². The molecule has 0 aromatic carbocycles. The first-order valence-electron chi connectivity index (χ1n) is 5.25. The SMILES string of the molecule is [B]c1nc2c([nH]1)CN(C(=O)c1cnco1)CC2. The minimum atomic E-state index is -0.165. The summed E-state index contributed by atoms with van der Waals surface area (Å²) in [5.74, 6) is 0.0854. The Morgan fingerprint density at radius 2 is 2.47 bits per heavy atom. The van der Waals surface area contributed by atoms with Gasteiger partial charge in [-0.05, 0) is 0 Å². The molecule has 3 heterocycles. The largest absolute Gasteiger partial charge is 0.438 e. The van der Waals surface area contributed by atoms with Crippen molar-refractivity contribution in [3.63, 3.8) is 0 Å². The maximum Gasteiger partial charge on any atom is 0.291 e. The number of rotatable bonds is 1. The molecular weight excluding hydrogens is 219 g/mol. The van der Waals surface area contributed by atoms with E-state index >= 15 is 0 Å². The number of hydrogen-bond acceptors (Lipinski definition) is 4. The van der Waals surface area contributed by atoms with Crippen LogP contribution in [0.15, 0.2) is 17.0 Å². The maximum atomic E-state index is 12.0. The van der Waals surface area contributed by atoms with E-state index in [0.717, 1.165) is 11.4 Å². The molecule has 0 unspecified atom stereocenters. The van der Waals surface area contributed by atoms with Gasteiger partial charge in [-0.1, -0.05) is 0 Å². The molecule has 0 saturated carbocycles. The van der Waals surface area contributed by atoms with Gasteiger partial charge in [-0.15, -0.1) is 0 Å². The molecule has 2 aromatic heterocycles. The fourth-order valence-electron chi connectivity index (χ4n) is 1.97. The second kappa shape index (κ2) is 3.76. The Balaban J connectivity index is 1.82. The van der Waals surface area contributed by atoms with Crippen LogP contribution in [0.25, 0.3) is 0 Å². The van der Waals surface area contributed by atoms with Crippen LogP contribution in [0.3, 0.4) is 0 Å². The molecule has 7 heteroatoms. The van der Waals surface area contributed by atoms with Gasteiger partial charge in [0.05, 0.1) is 24.1 Å². The van der Waals surface area contributed by atoms with Crippen molar-refractivity contribution in [1.29, 1.82) is 0 Å². The molecule has 2 radical (unpaired) electrons. The van der Waals surface area contributed by atoms with Gasteiger partial charge in [0.25, 0.3) is 5.91 Å². The van der Waals surface area contributed by atoms with Crippen LogP contribution in [-0.2, 0) is 13.0 Å². The molecule has 84 valence electrons. The number of aromatic nitrogens is 3. The highest BCUT2D eigenvalue weighted by atomic mass is 16.3. The highest BCUT2D eigenvalue weighted by Crippen LogP contribution is 2.16. The molecule has 0 aliphatic carbocycles. The topological polar surface area (TPSA) is 75.0 Å². The van der Waals surface area contributed by atoms with E-state index in [1.54, 1.807) is 4.90 Å². The molecule has 1 N–H and O–H groups in total. The van der Waals surface area contributed by atoms with Crippen molar-refractivity contribution < 1.29 is 9.21 Å². The maximum absolute atomic E-state index is 12.0. The number of amides is 1. The lowest BCUT2D eigenvalue weighted by Gasteiger charge is -2.25. The average molecular weight is 228 g/mol. The predicted molar refractivity (Wildman–Crippen MR) is 58.9 cm³/mol. The van der Waals surface area contributed by atoms with Gasteiger partial charge < -0.3 is 14.3 Å². The fraction of sp³-hybridized carbons (Fsp3) is 0.300. The third kappa shape index (κ3) is 1.73. The summed E-state index contributed by atoms with van der Waals surface area (Å²) in [6.45, 7) is 1.08. The normalized spacial score (nSPS) is 14.7. The Morgan fingerprint density at radius 1 is 1.59 bits per heavy atom. The number of fused-ring (bicyclic) bond motifs is 1. The predicted octanol–water partition coefficient (Wildman–Crippen LogP) is -0.610. The molecule has 0 spiro atoms. The molecule has 2 aromatic rings. The van der Waals surface area contributed by atoms with E-state index in [0.29, 0.717) is 25.2 Å². The molecule has 6 nitrogen and oxygen atoms in total. The number of imidazole rings is 1. The summed E-state index contributed by atoms with van der Waals surface area (Å²) in [5, 5.41) is 0. The van der Waals surface area contributed by atoms with Crippen molar-refractivity contribution in [2.75, 3.05) is 6.54 Å². The Bertz CT molecular complexity index is 549. The minimum Gasteiger partial charge on any atom is -0.438 e. The second-order valence-electron chi connectivity index (χ2n) is 3.89. The van der Waals surface area contributed by atoms with E-state index in [1.165, 1.54) is 12.6 Å². The molecule has 0 fully saturated rings. The molecule has 1 amide bonds. The quantitative estimate of drug-likeness (QED) is 0.660. The average Bonchev–Trinajstić information content (AvgIpc) is 2.94. The highest BCUT2D eigenvalue weighted by Gasteiger charge is 2.25. The van der Waals surface area contributed by atoms with Crippen LogP contribution in [0.5, 0.6) is 0 Å². The van der Waals surface area contributed by atoms with Gasteiger partial charge in [0.1, 0.15) is 0 Å². The van der Waals surface area contributed by atoms with Gasteiger partial charge in [-0.2, -0.15) is 0 Å². The Morgan fingerprint density at radius 3 is 3.24 bits per heavy atom. The van der Waals surface area contributed by atoms with Crippen molar-refractivity contribution in [3.8, 4) is 0 Å². The van der Waals surface area contributed by atoms with Gasteiger partial charge in [0.2, 0.25) is 5.76 Å².